The van der Waals surface area contributed by atoms with Gasteiger partial charge in [0.15, 0.2) is 0 Å². The van der Waals surface area contributed by atoms with Crippen molar-refractivity contribution in [2.45, 2.75) is 6.18 Å². The van der Waals surface area contributed by atoms with Crippen LogP contribution in [0.5, 0.6) is 5.75 Å². The lowest BCUT2D eigenvalue weighted by Gasteiger charge is -2.14. The van der Waals surface area contributed by atoms with Crippen molar-refractivity contribution in [2.24, 2.45) is 5.73 Å². The lowest BCUT2D eigenvalue weighted by Crippen LogP contribution is -2.13. The summed E-state index contributed by atoms with van der Waals surface area (Å²) < 4.78 is 46.5. The van der Waals surface area contributed by atoms with E-state index in [9.17, 15) is 18.0 Å². The molecule has 0 saturated carbocycles. The molecule has 0 aliphatic carbocycles. The van der Waals surface area contributed by atoms with Crippen LogP contribution in [0.25, 0.3) is 31.9 Å². The average Bonchev–Trinajstić information content (AvgIpc) is 3.16. The molecular formula is C22H15F3N2O2S. The highest BCUT2D eigenvalue weighted by Crippen LogP contribution is 2.39. The Bertz CT molecular complexity index is 1250. The molecule has 30 heavy (non-hydrogen) atoms. The maximum Gasteiger partial charge on any atom is 0.417 e. The number of rotatable bonds is 4. The fourth-order valence-corrected chi connectivity index (χ4v) is 4.13. The highest BCUT2D eigenvalue weighted by molar-refractivity contribution is 7.21. The average molecular weight is 428 g/mol. The standard InChI is InChI=1S/C22H15F3N2O2S/c1-29-15-7-9-18-19(11-15)30-21(27-18)13-4-2-12(3-5-13)16-10-14(20(26)28)6-8-17(16)22(23,24)25/h2-11H,1H3,(H2,26,28). The van der Waals surface area contributed by atoms with Crippen LogP contribution >= 0.6 is 11.3 Å². The zero-order valence-electron chi connectivity index (χ0n) is 15.7. The second-order valence-electron chi connectivity index (χ2n) is 6.55. The van der Waals surface area contributed by atoms with Crippen molar-refractivity contribution >= 4 is 27.5 Å². The van der Waals surface area contributed by atoms with Gasteiger partial charge in [0.05, 0.1) is 22.9 Å². The summed E-state index contributed by atoms with van der Waals surface area (Å²) in [6.45, 7) is 0. The Kier molecular flexibility index (Phi) is 4.95. The third kappa shape index (κ3) is 3.73. The van der Waals surface area contributed by atoms with Crippen LogP contribution in [0.3, 0.4) is 0 Å². The molecule has 4 nitrogen and oxygen atoms in total. The first-order valence-electron chi connectivity index (χ1n) is 8.83. The summed E-state index contributed by atoms with van der Waals surface area (Å²) in [7, 11) is 1.59. The molecule has 4 rings (SSSR count). The van der Waals surface area contributed by atoms with Gasteiger partial charge in [0.2, 0.25) is 5.91 Å². The zero-order chi connectivity index (χ0) is 21.5. The molecule has 0 fully saturated rings. The summed E-state index contributed by atoms with van der Waals surface area (Å²) in [6.07, 6.45) is -4.56. The Balaban J connectivity index is 1.75. The Hall–Kier alpha value is -3.39. The first-order valence-corrected chi connectivity index (χ1v) is 9.64. The second kappa shape index (κ2) is 7.46. The zero-order valence-corrected chi connectivity index (χ0v) is 16.5. The summed E-state index contributed by atoms with van der Waals surface area (Å²) in [6, 6.07) is 15.3. The molecule has 0 radical (unpaired) electrons. The molecule has 0 aliphatic rings. The number of hydrogen-bond acceptors (Lipinski definition) is 4. The van der Waals surface area contributed by atoms with Crippen LogP contribution in [-0.4, -0.2) is 18.0 Å². The van der Waals surface area contributed by atoms with E-state index in [4.69, 9.17) is 10.5 Å². The third-order valence-electron chi connectivity index (χ3n) is 4.65. The van der Waals surface area contributed by atoms with Gasteiger partial charge in [-0.25, -0.2) is 4.98 Å². The van der Waals surface area contributed by atoms with Gasteiger partial charge < -0.3 is 10.5 Å². The largest absolute Gasteiger partial charge is 0.497 e. The number of ether oxygens (including phenoxy) is 1. The number of nitrogens with two attached hydrogens (primary N) is 1. The van der Waals surface area contributed by atoms with Crippen LogP contribution in [0, 0.1) is 0 Å². The molecule has 4 aromatic rings. The number of carbonyl (C=O) groups is 1. The van der Waals surface area contributed by atoms with E-state index in [0.717, 1.165) is 38.7 Å². The molecule has 1 amide bonds. The van der Waals surface area contributed by atoms with Crippen molar-refractivity contribution in [1.82, 2.24) is 4.98 Å². The van der Waals surface area contributed by atoms with E-state index in [-0.39, 0.29) is 11.1 Å². The third-order valence-corrected chi connectivity index (χ3v) is 5.72. The first kappa shape index (κ1) is 19.9. The lowest BCUT2D eigenvalue weighted by molar-refractivity contribution is -0.137. The van der Waals surface area contributed by atoms with Crippen molar-refractivity contribution in [1.29, 1.82) is 0 Å². The molecule has 0 bridgehead atoms. The monoisotopic (exact) mass is 428 g/mol. The van der Waals surface area contributed by atoms with E-state index in [1.165, 1.54) is 17.4 Å². The van der Waals surface area contributed by atoms with Gasteiger partial charge >= 0.3 is 6.18 Å². The number of alkyl halides is 3. The van der Waals surface area contributed by atoms with Crippen molar-refractivity contribution in [3.8, 4) is 27.4 Å². The molecule has 152 valence electrons. The SMILES string of the molecule is COc1ccc2nc(-c3ccc(-c4cc(C(N)=O)ccc4C(F)(F)F)cc3)sc2c1. The molecule has 0 saturated heterocycles. The van der Waals surface area contributed by atoms with Gasteiger partial charge in [0.1, 0.15) is 10.8 Å². The van der Waals surface area contributed by atoms with Crippen molar-refractivity contribution < 1.29 is 22.7 Å². The molecule has 0 unspecified atom stereocenters. The van der Waals surface area contributed by atoms with Crippen LogP contribution < -0.4 is 10.5 Å². The predicted octanol–water partition coefficient (Wildman–Crippen LogP) is 5.76. The van der Waals surface area contributed by atoms with E-state index in [1.54, 1.807) is 31.4 Å². The fourth-order valence-electron chi connectivity index (χ4n) is 3.13. The number of carbonyl (C=O) groups excluding carboxylic acids is 1. The van der Waals surface area contributed by atoms with Gasteiger partial charge in [-0.05, 0) is 47.5 Å². The molecule has 2 N–H and O–H groups in total. The lowest BCUT2D eigenvalue weighted by atomic mass is 9.96. The Morgan fingerprint density at radius 1 is 1.00 bits per heavy atom. The summed E-state index contributed by atoms with van der Waals surface area (Å²) in [5.74, 6) is -0.0615. The number of fused-ring (bicyclic) bond motifs is 1. The quantitative estimate of drug-likeness (QED) is 0.450. The molecule has 8 heteroatoms. The number of halogens is 3. The summed E-state index contributed by atoms with van der Waals surface area (Å²) in [5, 5.41) is 0.742. The van der Waals surface area contributed by atoms with Gasteiger partial charge in [-0.2, -0.15) is 13.2 Å². The summed E-state index contributed by atoms with van der Waals surface area (Å²) in [4.78, 5) is 16.0. The van der Waals surface area contributed by atoms with Crippen LogP contribution in [0.1, 0.15) is 15.9 Å². The first-order chi connectivity index (χ1) is 14.3. The van der Waals surface area contributed by atoms with E-state index < -0.39 is 17.6 Å². The minimum absolute atomic E-state index is 0.0159. The van der Waals surface area contributed by atoms with E-state index in [1.807, 2.05) is 18.2 Å². The maximum atomic E-state index is 13.5. The predicted molar refractivity (Wildman–Crippen MR) is 111 cm³/mol. The Morgan fingerprint density at radius 3 is 2.33 bits per heavy atom. The number of nitrogens with zero attached hydrogens (tertiary/aromatic N) is 1. The summed E-state index contributed by atoms with van der Waals surface area (Å²) in [5.41, 5.74) is 6.25. The number of primary amides is 1. The second-order valence-corrected chi connectivity index (χ2v) is 7.58. The number of aromatic nitrogens is 1. The van der Waals surface area contributed by atoms with Gasteiger partial charge in [-0.3, -0.25) is 4.79 Å². The normalized spacial score (nSPS) is 11.6. The molecule has 0 atom stereocenters. The highest BCUT2D eigenvalue weighted by atomic mass is 32.1. The molecule has 0 aliphatic heterocycles. The van der Waals surface area contributed by atoms with Gasteiger partial charge in [-0.1, -0.05) is 24.3 Å². The minimum atomic E-state index is -4.56. The fraction of sp³-hybridized carbons (Fsp3) is 0.0909. The van der Waals surface area contributed by atoms with Gasteiger partial charge in [0, 0.05) is 11.1 Å². The molecule has 1 aromatic heterocycles. The van der Waals surface area contributed by atoms with Gasteiger partial charge in [-0.15, -0.1) is 11.3 Å². The number of benzene rings is 3. The Labute approximate surface area is 173 Å². The molecular weight excluding hydrogens is 413 g/mol. The van der Waals surface area contributed by atoms with Crippen LogP contribution in [0.2, 0.25) is 0 Å². The number of thiazole rings is 1. The number of hydrogen-bond donors (Lipinski definition) is 1. The highest BCUT2D eigenvalue weighted by Gasteiger charge is 2.34. The van der Waals surface area contributed by atoms with Crippen molar-refractivity contribution in [3.05, 3.63) is 71.8 Å². The van der Waals surface area contributed by atoms with Crippen LogP contribution in [0.15, 0.2) is 60.7 Å². The van der Waals surface area contributed by atoms with Gasteiger partial charge in [0.25, 0.3) is 0 Å². The van der Waals surface area contributed by atoms with E-state index in [2.05, 4.69) is 4.98 Å². The Morgan fingerprint density at radius 2 is 1.70 bits per heavy atom. The smallest absolute Gasteiger partial charge is 0.417 e. The van der Waals surface area contributed by atoms with Crippen molar-refractivity contribution in [2.75, 3.05) is 7.11 Å². The maximum absolute atomic E-state index is 13.5. The van der Waals surface area contributed by atoms with Crippen LogP contribution in [-0.2, 0) is 6.18 Å². The van der Waals surface area contributed by atoms with E-state index in [0.29, 0.717) is 5.56 Å². The van der Waals surface area contributed by atoms with Crippen LogP contribution in [0.4, 0.5) is 13.2 Å². The summed E-state index contributed by atoms with van der Waals surface area (Å²) >= 11 is 1.46. The number of amides is 1. The topological polar surface area (TPSA) is 65.2 Å². The molecule has 3 aromatic carbocycles. The number of methoxy groups -OCH3 is 1. The molecule has 1 heterocycles. The van der Waals surface area contributed by atoms with E-state index >= 15 is 0 Å². The molecule has 0 spiro atoms. The van der Waals surface area contributed by atoms with Crippen molar-refractivity contribution in [3.63, 3.8) is 0 Å². The minimum Gasteiger partial charge on any atom is -0.497 e.